The van der Waals surface area contributed by atoms with Gasteiger partial charge in [0.2, 0.25) is 0 Å². The van der Waals surface area contributed by atoms with Gasteiger partial charge in [0.25, 0.3) is 0 Å². The molecule has 1 N–H and O–H groups in total. The van der Waals surface area contributed by atoms with E-state index in [2.05, 4.69) is 10.3 Å². The molecule has 0 atom stereocenters. The fourth-order valence-corrected chi connectivity index (χ4v) is 1.79. The van der Waals surface area contributed by atoms with Crippen molar-refractivity contribution in [1.29, 1.82) is 0 Å². The molecule has 1 aromatic carbocycles. The first-order chi connectivity index (χ1) is 9.38. The van der Waals surface area contributed by atoms with E-state index >= 15 is 0 Å². The van der Waals surface area contributed by atoms with Crippen molar-refractivity contribution in [2.45, 2.75) is 19.3 Å². The average molecular weight is 287 g/mol. The normalized spacial score (nSPS) is 11.8. The number of nitrogens with one attached hydrogen (secondary N) is 1. The van der Waals surface area contributed by atoms with Gasteiger partial charge in [-0.2, -0.15) is 13.2 Å². The van der Waals surface area contributed by atoms with E-state index in [1.165, 1.54) is 6.07 Å². The van der Waals surface area contributed by atoms with Gasteiger partial charge in [-0.25, -0.2) is 9.37 Å². The van der Waals surface area contributed by atoms with Gasteiger partial charge in [-0.3, -0.25) is 0 Å². The van der Waals surface area contributed by atoms with Crippen LogP contribution in [-0.4, -0.2) is 9.55 Å². The Morgan fingerprint density at radius 2 is 2.00 bits per heavy atom. The molecule has 2 rings (SSSR count). The molecule has 3 nitrogen and oxygen atoms in total. The number of nitrogens with zero attached hydrogens (tertiary/aromatic N) is 2. The molecule has 1 heterocycles. The van der Waals surface area contributed by atoms with E-state index in [4.69, 9.17) is 0 Å². The van der Waals surface area contributed by atoms with Crippen molar-refractivity contribution in [2.24, 2.45) is 7.05 Å². The van der Waals surface area contributed by atoms with Crippen LogP contribution in [0.25, 0.3) is 0 Å². The molecule has 0 radical (unpaired) electrons. The van der Waals surface area contributed by atoms with Gasteiger partial charge >= 0.3 is 6.18 Å². The van der Waals surface area contributed by atoms with Gasteiger partial charge in [0.1, 0.15) is 11.6 Å². The van der Waals surface area contributed by atoms with Crippen LogP contribution in [0.4, 0.5) is 17.6 Å². The van der Waals surface area contributed by atoms with Gasteiger partial charge in [0.05, 0.1) is 12.1 Å². The summed E-state index contributed by atoms with van der Waals surface area (Å²) in [7, 11) is 1.82. The first-order valence-electron chi connectivity index (χ1n) is 5.90. The summed E-state index contributed by atoms with van der Waals surface area (Å²) in [5.74, 6) is -0.492. The van der Waals surface area contributed by atoms with Crippen LogP contribution >= 0.6 is 0 Å². The number of hydrogen-bond acceptors (Lipinski definition) is 2. The number of aromatic nitrogens is 2. The van der Waals surface area contributed by atoms with Crippen LogP contribution in [0.1, 0.15) is 17.0 Å². The van der Waals surface area contributed by atoms with E-state index in [1.807, 2.05) is 7.05 Å². The number of imidazole rings is 1. The van der Waals surface area contributed by atoms with E-state index in [1.54, 1.807) is 17.0 Å². The molecule has 0 bridgehead atoms. The first-order valence-corrected chi connectivity index (χ1v) is 5.90. The van der Waals surface area contributed by atoms with Crippen LogP contribution < -0.4 is 5.32 Å². The number of benzene rings is 1. The standard InChI is InChI=1S/C13H13F4N3/c1-20-5-4-19-12(20)8-18-7-9-2-3-11(14)10(6-9)13(15,16)17/h2-6,18H,7-8H2,1H3. The van der Waals surface area contributed by atoms with Crippen molar-refractivity contribution in [2.75, 3.05) is 0 Å². The second-order valence-electron chi connectivity index (χ2n) is 4.37. The van der Waals surface area contributed by atoms with Crippen molar-refractivity contribution >= 4 is 0 Å². The second kappa shape index (κ2) is 5.62. The summed E-state index contributed by atoms with van der Waals surface area (Å²) < 4.78 is 52.6. The maximum Gasteiger partial charge on any atom is 0.419 e. The highest BCUT2D eigenvalue weighted by Gasteiger charge is 2.34. The lowest BCUT2D eigenvalue weighted by molar-refractivity contribution is -0.140. The Labute approximate surface area is 113 Å². The topological polar surface area (TPSA) is 29.9 Å². The Kier molecular flexibility index (Phi) is 4.08. The van der Waals surface area contributed by atoms with Gasteiger partial charge in [-0.15, -0.1) is 0 Å². The molecular weight excluding hydrogens is 274 g/mol. The summed E-state index contributed by atoms with van der Waals surface area (Å²) in [6.45, 7) is 0.623. The molecular formula is C13H13F4N3. The fourth-order valence-electron chi connectivity index (χ4n) is 1.79. The van der Waals surface area contributed by atoms with Crippen molar-refractivity contribution in [3.8, 4) is 0 Å². The van der Waals surface area contributed by atoms with Gasteiger partial charge in [0.15, 0.2) is 0 Å². The zero-order valence-corrected chi connectivity index (χ0v) is 10.7. The summed E-state index contributed by atoms with van der Waals surface area (Å²) in [5, 5.41) is 2.97. The van der Waals surface area contributed by atoms with Crippen molar-refractivity contribution < 1.29 is 17.6 Å². The van der Waals surface area contributed by atoms with Crippen molar-refractivity contribution in [3.05, 3.63) is 53.4 Å². The van der Waals surface area contributed by atoms with Crippen LogP contribution in [-0.2, 0) is 26.3 Å². The van der Waals surface area contributed by atoms with Gasteiger partial charge in [-0.1, -0.05) is 6.07 Å². The Hall–Kier alpha value is -1.89. The number of alkyl halides is 3. The Bertz CT molecular complexity index is 590. The Morgan fingerprint density at radius 3 is 2.60 bits per heavy atom. The molecule has 0 aliphatic rings. The summed E-state index contributed by atoms with van der Waals surface area (Å²) in [4.78, 5) is 4.08. The predicted octanol–water partition coefficient (Wildman–Crippen LogP) is 2.87. The first kappa shape index (κ1) is 14.5. The lowest BCUT2D eigenvalue weighted by Gasteiger charge is -2.10. The highest BCUT2D eigenvalue weighted by atomic mass is 19.4. The number of rotatable bonds is 4. The van der Waals surface area contributed by atoms with E-state index in [9.17, 15) is 17.6 Å². The smallest absolute Gasteiger partial charge is 0.337 e. The molecule has 0 fully saturated rings. The number of hydrogen-bond donors (Lipinski definition) is 1. The molecule has 0 aliphatic carbocycles. The van der Waals surface area contributed by atoms with Crippen LogP contribution in [0, 0.1) is 5.82 Å². The SMILES string of the molecule is Cn1ccnc1CNCc1ccc(F)c(C(F)(F)F)c1. The Morgan fingerprint density at radius 1 is 1.25 bits per heavy atom. The van der Waals surface area contributed by atoms with Gasteiger partial charge < -0.3 is 9.88 Å². The molecule has 0 saturated carbocycles. The molecule has 0 spiro atoms. The minimum Gasteiger partial charge on any atom is -0.337 e. The molecule has 0 saturated heterocycles. The van der Waals surface area contributed by atoms with Crippen LogP contribution in [0.3, 0.4) is 0 Å². The molecule has 1 aromatic heterocycles. The third-order valence-electron chi connectivity index (χ3n) is 2.87. The predicted molar refractivity (Wildman–Crippen MR) is 65.2 cm³/mol. The van der Waals surface area contributed by atoms with Gasteiger partial charge in [-0.05, 0) is 17.7 Å². The molecule has 0 aliphatic heterocycles. The van der Waals surface area contributed by atoms with Crippen molar-refractivity contribution in [1.82, 2.24) is 14.9 Å². The minimum absolute atomic E-state index is 0.205. The largest absolute Gasteiger partial charge is 0.419 e. The van der Waals surface area contributed by atoms with Crippen LogP contribution in [0.5, 0.6) is 0 Å². The quantitative estimate of drug-likeness (QED) is 0.876. The summed E-state index contributed by atoms with van der Waals surface area (Å²) in [6, 6.07) is 2.98. The minimum atomic E-state index is -4.68. The van der Waals surface area contributed by atoms with E-state index in [0.29, 0.717) is 12.1 Å². The summed E-state index contributed by atoms with van der Waals surface area (Å²) >= 11 is 0. The van der Waals surface area contributed by atoms with Crippen LogP contribution in [0.2, 0.25) is 0 Å². The van der Waals surface area contributed by atoms with Crippen molar-refractivity contribution in [3.63, 3.8) is 0 Å². The fraction of sp³-hybridized carbons (Fsp3) is 0.308. The van der Waals surface area contributed by atoms with Crippen LogP contribution in [0.15, 0.2) is 30.6 Å². The monoisotopic (exact) mass is 287 g/mol. The average Bonchev–Trinajstić information content (AvgIpc) is 2.76. The second-order valence-corrected chi connectivity index (χ2v) is 4.37. The summed E-state index contributed by atoms with van der Waals surface area (Å²) in [6.07, 6.45) is -1.27. The highest BCUT2D eigenvalue weighted by molar-refractivity contribution is 5.27. The zero-order valence-electron chi connectivity index (χ0n) is 10.7. The molecule has 2 aromatic rings. The van der Waals surface area contributed by atoms with E-state index in [-0.39, 0.29) is 6.54 Å². The molecule has 0 unspecified atom stereocenters. The van der Waals surface area contributed by atoms with Gasteiger partial charge in [0, 0.05) is 26.0 Å². The maximum atomic E-state index is 13.1. The molecule has 0 amide bonds. The molecule has 7 heteroatoms. The third-order valence-corrected chi connectivity index (χ3v) is 2.87. The zero-order chi connectivity index (χ0) is 14.8. The van der Waals surface area contributed by atoms with E-state index < -0.39 is 17.6 Å². The summed E-state index contributed by atoms with van der Waals surface area (Å²) in [5.41, 5.74) is -0.873. The maximum absolute atomic E-state index is 13.1. The van der Waals surface area contributed by atoms with E-state index in [0.717, 1.165) is 18.0 Å². The molecule has 108 valence electrons. The lowest BCUT2D eigenvalue weighted by atomic mass is 10.1. The number of aryl methyl sites for hydroxylation is 1. The molecule has 20 heavy (non-hydrogen) atoms. The Balaban J connectivity index is 2.02. The highest BCUT2D eigenvalue weighted by Crippen LogP contribution is 2.31. The lowest BCUT2D eigenvalue weighted by Crippen LogP contribution is -2.16. The third kappa shape index (κ3) is 3.36. The number of halogens is 4.